The van der Waals surface area contributed by atoms with Crippen molar-refractivity contribution in [2.45, 2.75) is 165 Å². The molecular weight excluding hydrogens is 1120 g/mol. The lowest BCUT2D eigenvalue weighted by Crippen LogP contribution is -2.53. The fourth-order valence-electron chi connectivity index (χ4n) is 13.7. The monoisotopic (exact) mass is 1210 g/mol. The molecule has 8 atom stereocenters. The zero-order valence-electron chi connectivity index (χ0n) is 52.1. The molecular formula is C65H90F2N4O12Si2. The third-order valence-electron chi connectivity index (χ3n) is 20.8. The molecule has 16 nitrogen and oxygen atoms in total. The summed E-state index contributed by atoms with van der Waals surface area (Å²) in [4.78, 5) is 38.2. The number of hydrogen-bond donors (Lipinski definition) is 1. The topological polar surface area (TPSA) is 170 Å². The molecule has 1 N–H and O–H groups in total. The summed E-state index contributed by atoms with van der Waals surface area (Å²) in [6, 6.07) is 19.0. The Bertz CT molecular complexity index is 3030. The van der Waals surface area contributed by atoms with Crippen LogP contribution in [0.15, 0.2) is 72.8 Å². The number of fused-ring (bicyclic) bond motifs is 4. The molecule has 85 heavy (non-hydrogen) atoms. The summed E-state index contributed by atoms with van der Waals surface area (Å²) in [6.45, 7) is 27.9. The van der Waals surface area contributed by atoms with Gasteiger partial charge in [-0.2, -0.15) is 0 Å². The molecule has 4 saturated carbocycles. The maximum Gasteiger partial charge on any atom is 0.272 e. The number of hydrogen-bond acceptors (Lipinski definition) is 14. The number of ether oxygens (including phenoxy) is 7. The van der Waals surface area contributed by atoms with Gasteiger partial charge in [0.2, 0.25) is 0 Å². The van der Waals surface area contributed by atoms with Gasteiger partial charge in [-0.05, 0) is 157 Å². The Hall–Kier alpha value is -5.07. The van der Waals surface area contributed by atoms with Crippen molar-refractivity contribution in [3.63, 3.8) is 0 Å². The Balaban J connectivity index is 0.000000159. The average Bonchev–Trinajstić information content (AvgIpc) is 2.09. The third-order valence-corrected chi connectivity index (χ3v) is 29.8. The largest absolute Gasteiger partial charge is 0.503 e. The Morgan fingerprint density at radius 1 is 0.647 bits per heavy atom. The van der Waals surface area contributed by atoms with Crippen molar-refractivity contribution in [3.8, 4) is 23.3 Å². The van der Waals surface area contributed by atoms with Gasteiger partial charge in [-0.15, -0.1) is 0 Å². The van der Waals surface area contributed by atoms with E-state index in [1.54, 1.807) is 34.1 Å². The van der Waals surface area contributed by atoms with Crippen LogP contribution in [0.1, 0.15) is 126 Å². The average molecular weight is 1210 g/mol. The van der Waals surface area contributed by atoms with Gasteiger partial charge >= 0.3 is 0 Å². The van der Waals surface area contributed by atoms with Gasteiger partial charge in [-0.3, -0.25) is 9.59 Å². The molecule has 2 amide bonds. The zero-order chi connectivity index (χ0) is 61.0. The molecule has 4 unspecified atom stereocenters. The Kier molecular flexibility index (Phi) is 18.1. The van der Waals surface area contributed by atoms with Crippen LogP contribution < -0.4 is 14.2 Å². The number of pyridine rings is 2. The number of aromatic hydroxyl groups is 1. The summed E-state index contributed by atoms with van der Waals surface area (Å²) in [5.41, 5.74) is 0.365. The number of carbonyl (C=O) groups is 2. The molecule has 2 aromatic heterocycles. The van der Waals surface area contributed by atoms with Crippen LogP contribution in [0.3, 0.4) is 0 Å². The predicted octanol–water partition coefficient (Wildman–Crippen LogP) is 12.3. The van der Waals surface area contributed by atoms with Gasteiger partial charge in [0.15, 0.2) is 28.1 Å². The van der Waals surface area contributed by atoms with Gasteiger partial charge in [0.05, 0.1) is 33.9 Å². The van der Waals surface area contributed by atoms with E-state index in [9.17, 15) is 23.5 Å². The number of rotatable bonds is 14. The highest BCUT2D eigenvalue weighted by molar-refractivity contribution is 6.74. The predicted molar refractivity (Wildman–Crippen MR) is 321 cm³/mol. The van der Waals surface area contributed by atoms with E-state index in [-0.39, 0.29) is 65.1 Å². The lowest BCUT2D eigenvalue weighted by molar-refractivity contribution is -0.0444. The van der Waals surface area contributed by atoms with E-state index in [1.807, 2.05) is 12.1 Å². The summed E-state index contributed by atoms with van der Waals surface area (Å²) in [7, 11) is -0.358. The van der Waals surface area contributed by atoms with Crippen molar-refractivity contribution in [1.82, 2.24) is 19.8 Å². The second-order valence-electron chi connectivity index (χ2n) is 27.7. The number of halogens is 2. The summed E-state index contributed by atoms with van der Waals surface area (Å²) in [6.07, 6.45) is 7.46. The van der Waals surface area contributed by atoms with Crippen LogP contribution in [0.25, 0.3) is 0 Å². The van der Waals surface area contributed by atoms with Gasteiger partial charge < -0.3 is 56.9 Å². The number of likely N-dealkylation sites (tertiary alicyclic amines) is 2. The first kappa shape index (κ1) is 63.0. The molecule has 4 aliphatic carbocycles. The number of aromatic nitrogens is 2. The lowest BCUT2D eigenvalue weighted by Gasteiger charge is -2.41. The van der Waals surface area contributed by atoms with Crippen LogP contribution in [0, 0.1) is 47.1 Å². The first-order chi connectivity index (χ1) is 40.2. The zero-order valence-corrected chi connectivity index (χ0v) is 54.1. The molecule has 4 aromatic rings. The van der Waals surface area contributed by atoms with Gasteiger partial charge in [0.1, 0.15) is 60.0 Å². The minimum Gasteiger partial charge on any atom is -0.503 e. The normalized spacial score (nSPS) is 30.2. The highest BCUT2D eigenvalue weighted by Gasteiger charge is 2.59. The Morgan fingerprint density at radius 3 is 1.51 bits per heavy atom. The maximum atomic E-state index is 14.0. The third kappa shape index (κ3) is 13.0. The van der Waals surface area contributed by atoms with Crippen molar-refractivity contribution < 1.29 is 65.5 Å². The molecule has 6 heterocycles. The Morgan fingerprint density at radius 2 is 1.08 bits per heavy atom. The van der Waals surface area contributed by atoms with E-state index in [2.05, 4.69) is 84.6 Å². The summed E-state index contributed by atoms with van der Waals surface area (Å²) in [5, 5.41) is 10.2. The van der Waals surface area contributed by atoms with Crippen LogP contribution in [0.4, 0.5) is 8.78 Å². The molecule has 4 saturated heterocycles. The maximum absolute atomic E-state index is 14.0. The molecule has 4 aliphatic heterocycles. The fraction of sp³-hybridized carbons (Fsp3) is 0.631. The Labute approximate surface area is 503 Å². The molecule has 0 bridgehead atoms. The van der Waals surface area contributed by atoms with Crippen LogP contribution in [0.2, 0.25) is 36.3 Å². The lowest BCUT2D eigenvalue weighted by atomic mass is 9.82. The second kappa shape index (κ2) is 24.5. The highest BCUT2D eigenvalue weighted by atomic mass is 28.4. The number of benzene rings is 2. The minimum absolute atomic E-state index is 0.00702. The first-order valence-electron chi connectivity index (χ1n) is 30.6. The summed E-state index contributed by atoms with van der Waals surface area (Å²) < 4.78 is 81.0. The summed E-state index contributed by atoms with van der Waals surface area (Å²) >= 11 is 0. The molecule has 464 valence electrons. The number of nitrogens with zero attached hydrogens (tertiary/aromatic N) is 4. The van der Waals surface area contributed by atoms with Crippen molar-refractivity contribution in [2.24, 2.45) is 35.5 Å². The quantitative estimate of drug-likeness (QED) is 0.118. The molecule has 8 fully saturated rings. The molecule has 8 aliphatic rings. The van der Waals surface area contributed by atoms with E-state index < -0.39 is 40.0 Å². The van der Waals surface area contributed by atoms with Gasteiger partial charge in [0.25, 0.3) is 23.6 Å². The van der Waals surface area contributed by atoms with Gasteiger partial charge in [-0.25, -0.2) is 18.7 Å². The standard InChI is InChI=1S/C32H43FN2O6Si.C19H19FN2O5.C14H28OSi/c1-31(2,3)42(5,6)41-22-15-23-24(16-22)25(23)18-38-27-11-10-26(34-29(27)37-4)30(36)35-13-12-32(28(17-35)39-19-40-32)20-8-7-9-21(33)14-20;1-25-17-15(23)6-5-14(21-17)18(24)22-8-7-19(16(10-22)26-11-27-19)12-3-2-4-13(20)9-12;1-7-11-12-8-10(9-13(11)12)15-16(5,6)14(2,3)4/h7-11,14,22-25,28H,12-13,15-19H2,1-6H3;2-6,9,16,23H,7-8,10-11H2,1H3;10-13H,7-9H2,1-6H3/t22?,23?,24?,25?,28-,32-;16-,19-;/m10./s1. The number of piperidine rings is 2. The smallest absolute Gasteiger partial charge is 0.272 e. The van der Waals surface area contributed by atoms with Crippen molar-refractivity contribution in [1.29, 1.82) is 0 Å². The fourth-order valence-corrected chi connectivity index (χ4v) is 16.5. The van der Waals surface area contributed by atoms with E-state index in [1.165, 1.54) is 69.9 Å². The van der Waals surface area contributed by atoms with Crippen LogP contribution in [-0.2, 0) is 39.0 Å². The van der Waals surface area contributed by atoms with Gasteiger partial charge in [0, 0.05) is 38.1 Å². The SMILES string of the molecule is CCC1C2CC(O[Si](C)(C)C(C)(C)C)CC12.COc1nc(C(=O)N2CC[C@@]3(c4cccc(F)c4)OCO[C@H]3C2)ccc1O.COc1nc(C(=O)N2CC[C@]3(c4cccc(F)c4)OCO[C@@H]3C2)ccc1OCC1C2CC(O[Si](C)(C)C(C)(C)C)CC12. The minimum atomic E-state index is -1.75. The molecule has 0 radical (unpaired) electrons. The van der Waals surface area contributed by atoms with Gasteiger partial charge in [-0.1, -0.05) is 79.2 Å². The number of carbonyl (C=O) groups excluding carboxylic acids is 2. The highest BCUT2D eigenvalue weighted by Crippen LogP contribution is 2.61. The molecule has 20 heteroatoms. The van der Waals surface area contributed by atoms with Crippen LogP contribution >= 0.6 is 0 Å². The first-order valence-corrected chi connectivity index (χ1v) is 36.4. The summed E-state index contributed by atoms with van der Waals surface area (Å²) in [5.74, 6) is 4.48. The number of methoxy groups -OCH3 is 2. The van der Waals surface area contributed by atoms with Crippen molar-refractivity contribution in [3.05, 3.63) is 107 Å². The van der Waals surface area contributed by atoms with Crippen molar-refractivity contribution >= 4 is 28.4 Å². The van der Waals surface area contributed by atoms with E-state index in [4.69, 9.17) is 42.0 Å². The molecule has 2 aromatic carbocycles. The van der Waals surface area contributed by atoms with Crippen molar-refractivity contribution in [2.75, 3.05) is 60.6 Å². The van der Waals surface area contributed by atoms with E-state index >= 15 is 0 Å². The number of amides is 2. The van der Waals surface area contributed by atoms with Crippen LogP contribution in [-0.4, -0.2) is 138 Å². The second-order valence-corrected chi connectivity index (χ2v) is 37.2. The molecule has 0 spiro atoms. The molecule has 12 rings (SSSR count). The van der Waals surface area contributed by atoms with E-state index in [0.29, 0.717) is 97.8 Å². The van der Waals surface area contributed by atoms with E-state index in [0.717, 1.165) is 36.2 Å². The van der Waals surface area contributed by atoms with Crippen LogP contribution in [0.5, 0.6) is 23.3 Å².